The minimum atomic E-state index is -0.781. The van der Waals surface area contributed by atoms with Gasteiger partial charge in [-0.05, 0) is 12.8 Å². The van der Waals surface area contributed by atoms with Crippen LogP contribution in [0.25, 0.3) is 0 Å². The van der Waals surface area contributed by atoms with Gasteiger partial charge in [-0.15, -0.1) is 0 Å². The van der Waals surface area contributed by atoms with Crippen molar-refractivity contribution in [3.05, 3.63) is 0 Å². The highest BCUT2D eigenvalue weighted by Gasteiger charge is 2.21. The van der Waals surface area contributed by atoms with Crippen molar-refractivity contribution in [2.45, 2.75) is 37.9 Å². The minimum absolute atomic E-state index is 0.0239. The van der Waals surface area contributed by atoms with Gasteiger partial charge in [0, 0.05) is 26.1 Å². The molecule has 0 spiro atoms. The van der Waals surface area contributed by atoms with Gasteiger partial charge in [0.15, 0.2) is 0 Å². The van der Waals surface area contributed by atoms with Gasteiger partial charge in [-0.25, -0.2) is 0 Å². The normalized spacial score (nSPS) is 20.3. The van der Waals surface area contributed by atoms with Crippen LogP contribution in [0.3, 0.4) is 0 Å². The minimum Gasteiger partial charge on any atom is -0.392 e. The number of likely N-dealkylation sites (tertiary alicyclic amines) is 1. The third-order valence-corrected chi connectivity index (χ3v) is 2.69. The predicted molar refractivity (Wildman–Crippen MR) is 56.1 cm³/mol. The molecule has 0 aromatic heterocycles. The Morgan fingerprint density at radius 2 is 1.87 bits per heavy atom. The Kier molecular flexibility index (Phi) is 5.01. The van der Waals surface area contributed by atoms with Gasteiger partial charge in [0.05, 0.1) is 18.6 Å². The monoisotopic (exact) mass is 216 g/mol. The first-order chi connectivity index (χ1) is 7.13. The molecule has 1 heterocycles. The third-order valence-electron chi connectivity index (χ3n) is 2.69. The Morgan fingerprint density at radius 1 is 1.27 bits per heavy atom. The molecule has 5 heteroatoms. The summed E-state index contributed by atoms with van der Waals surface area (Å²) in [6, 6.07) is 0. The lowest BCUT2D eigenvalue weighted by molar-refractivity contribution is -0.132. The standard InChI is InChI=1S/C10H20N2O3/c11-7-9(14)5-8(13)6-10(15)12-3-1-2-4-12/h8-9,13-14H,1-7,11H2/t8-,9+/m1/s1. The van der Waals surface area contributed by atoms with Crippen LogP contribution >= 0.6 is 0 Å². The Hall–Kier alpha value is -0.650. The maximum absolute atomic E-state index is 11.6. The maximum atomic E-state index is 11.6. The Balaban J connectivity index is 2.24. The second-order valence-electron chi connectivity index (χ2n) is 4.07. The molecule has 2 atom stereocenters. The van der Waals surface area contributed by atoms with E-state index in [9.17, 15) is 15.0 Å². The Bertz CT molecular complexity index is 205. The van der Waals surface area contributed by atoms with Gasteiger partial charge in [0.2, 0.25) is 5.91 Å². The molecule has 1 saturated heterocycles. The average Bonchev–Trinajstić information content (AvgIpc) is 2.70. The summed E-state index contributed by atoms with van der Waals surface area (Å²) in [6.07, 6.45) is 0.872. The highest BCUT2D eigenvalue weighted by molar-refractivity contribution is 5.76. The smallest absolute Gasteiger partial charge is 0.225 e. The largest absolute Gasteiger partial charge is 0.392 e. The molecule has 1 fully saturated rings. The molecule has 0 radical (unpaired) electrons. The van der Waals surface area contributed by atoms with Crippen molar-refractivity contribution in [1.82, 2.24) is 4.90 Å². The van der Waals surface area contributed by atoms with E-state index in [1.807, 2.05) is 0 Å². The van der Waals surface area contributed by atoms with E-state index in [0.717, 1.165) is 25.9 Å². The molecule has 0 unspecified atom stereocenters. The summed E-state index contributed by atoms with van der Waals surface area (Å²) in [5, 5.41) is 18.7. The zero-order chi connectivity index (χ0) is 11.3. The number of aliphatic hydroxyl groups excluding tert-OH is 2. The van der Waals surface area contributed by atoms with Crippen LogP contribution in [0.15, 0.2) is 0 Å². The molecule has 1 aliphatic rings. The van der Waals surface area contributed by atoms with Gasteiger partial charge in [-0.2, -0.15) is 0 Å². The summed E-state index contributed by atoms with van der Waals surface area (Å²) in [7, 11) is 0. The molecule has 0 aliphatic carbocycles. The summed E-state index contributed by atoms with van der Waals surface area (Å²) < 4.78 is 0. The maximum Gasteiger partial charge on any atom is 0.225 e. The molecule has 1 rings (SSSR count). The molecule has 4 N–H and O–H groups in total. The Morgan fingerprint density at radius 3 is 2.40 bits per heavy atom. The molecular weight excluding hydrogens is 196 g/mol. The lowest BCUT2D eigenvalue weighted by atomic mass is 10.1. The van der Waals surface area contributed by atoms with Crippen molar-refractivity contribution in [2.75, 3.05) is 19.6 Å². The number of rotatable bonds is 5. The SMILES string of the molecule is NC[C@@H](O)C[C@@H](O)CC(=O)N1CCCC1. The van der Waals surface area contributed by atoms with E-state index in [2.05, 4.69) is 0 Å². The van der Waals surface area contributed by atoms with Crippen molar-refractivity contribution < 1.29 is 15.0 Å². The second-order valence-corrected chi connectivity index (χ2v) is 4.07. The quantitative estimate of drug-likeness (QED) is 0.554. The Labute approximate surface area is 89.9 Å². The van der Waals surface area contributed by atoms with E-state index in [1.54, 1.807) is 4.90 Å². The van der Waals surface area contributed by atoms with E-state index in [4.69, 9.17) is 5.73 Å². The van der Waals surface area contributed by atoms with E-state index < -0.39 is 12.2 Å². The molecule has 0 saturated carbocycles. The average molecular weight is 216 g/mol. The molecule has 1 amide bonds. The highest BCUT2D eigenvalue weighted by atomic mass is 16.3. The summed E-state index contributed by atoms with van der Waals surface area (Å²) in [5.41, 5.74) is 5.22. The fourth-order valence-corrected chi connectivity index (χ4v) is 1.79. The van der Waals surface area contributed by atoms with Gasteiger partial charge in [0.25, 0.3) is 0 Å². The number of hydrogen-bond acceptors (Lipinski definition) is 4. The van der Waals surface area contributed by atoms with Crippen LogP contribution in [-0.4, -0.2) is 52.9 Å². The first kappa shape index (κ1) is 12.4. The molecule has 0 bridgehead atoms. The van der Waals surface area contributed by atoms with Crippen LogP contribution in [0.1, 0.15) is 25.7 Å². The predicted octanol–water partition coefficient (Wildman–Crippen LogP) is -0.931. The van der Waals surface area contributed by atoms with Crippen LogP contribution in [-0.2, 0) is 4.79 Å². The van der Waals surface area contributed by atoms with Crippen molar-refractivity contribution in [1.29, 1.82) is 0 Å². The molecule has 1 aliphatic heterocycles. The number of aliphatic hydroxyl groups is 2. The summed E-state index contributed by atoms with van der Waals surface area (Å²) >= 11 is 0. The molecule has 0 aromatic rings. The number of hydrogen-bond donors (Lipinski definition) is 3. The first-order valence-corrected chi connectivity index (χ1v) is 5.47. The van der Waals surface area contributed by atoms with E-state index in [1.165, 1.54) is 0 Å². The summed E-state index contributed by atoms with van der Waals surface area (Å²) in [4.78, 5) is 13.3. The first-order valence-electron chi connectivity index (χ1n) is 5.47. The molecule has 0 aromatic carbocycles. The van der Waals surface area contributed by atoms with Crippen molar-refractivity contribution in [3.63, 3.8) is 0 Å². The van der Waals surface area contributed by atoms with Crippen LogP contribution in [0.2, 0.25) is 0 Å². The van der Waals surface area contributed by atoms with Crippen LogP contribution in [0, 0.1) is 0 Å². The second kappa shape index (κ2) is 6.05. The summed E-state index contributed by atoms with van der Waals surface area (Å²) in [5.74, 6) is -0.0239. The van der Waals surface area contributed by atoms with Crippen LogP contribution in [0.5, 0.6) is 0 Å². The number of carbonyl (C=O) groups excluding carboxylic acids is 1. The van der Waals surface area contributed by atoms with E-state index in [0.29, 0.717) is 0 Å². The van der Waals surface area contributed by atoms with Crippen molar-refractivity contribution in [3.8, 4) is 0 Å². The lowest BCUT2D eigenvalue weighted by Crippen LogP contribution is -2.33. The third kappa shape index (κ3) is 4.15. The fourth-order valence-electron chi connectivity index (χ4n) is 1.79. The number of amides is 1. The summed E-state index contributed by atoms with van der Waals surface area (Å²) in [6.45, 7) is 1.71. The van der Waals surface area contributed by atoms with Crippen molar-refractivity contribution in [2.24, 2.45) is 5.73 Å². The highest BCUT2D eigenvalue weighted by Crippen LogP contribution is 2.11. The molecule has 15 heavy (non-hydrogen) atoms. The topological polar surface area (TPSA) is 86.8 Å². The zero-order valence-corrected chi connectivity index (χ0v) is 8.93. The van der Waals surface area contributed by atoms with Crippen LogP contribution in [0.4, 0.5) is 0 Å². The van der Waals surface area contributed by atoms with Gasteiger partial charge < -0.3 is 20.8 Å². The van der Waals surface area contributed by atoms with E-state index >= 15 is 0 Å². The van der Waals surface area contributed by atoms with Gasteiger partial charge in [0.1, 0.15) is 0 Å². The van der Waals surface area contributed by atoms with Gasteiger partial charge in [-0.3, -0.25) is 4.79 Å². The van der Waals surface area contributed by atoms with Crippen LogP contribution < -0.4 is 5.73 Å². The number of nitrogens with two attached hydrogens (primary N) is 1. The molecule has 88 valence electrons. The van der Waals surface area contributed by atoms with Gasteiger partial charge in [-0.1, -0.05) is 0 Å². The molecule has 5 nitrogen and oxygen atoms in total. The lowest BCUT2D eigenvalue weighted by Gasteiger charge is -2.19. The van der Waals surface area contributed by atoms with E-state index in [-0.39, 0.29) is 25.3 Å². The zero-order valence-electron chi connectivity index (χ0n) is 8.93. The van der Waals surface area contributed by atoms with Gasteiger partial charge >= 0.3 is 0 Å². The number of carbonyl (C=O) groups is 1. The van der Waals surface area contributed by atoms with Crippen molar-refractivity contribution >= 4 is 5.91 Å². The number of nitrogens with zero attached hydrogens (tertiary/aromatic N) is 1. The fraction of sp³-hybridized carbons (Fsp3) is 0.900. The molecular formula is C10H20N2O3.